The standard InChI is InChI=1S/C16H26N4O2/c1-3-20-14(11-12(2)17-20)16(22)19-9-7-18(8-10-19)13-5-4-6-15(13)21/h11,13,15,21H,3-10H2,1-2H3. The number of carbonyl (C=O) groups excluding carboxylic acids is 1. The Labute approximate surface area is 131 Å². The summed E-state index contributed by atoms with van der Waals surface area (Å²) in [5, 5.41) is 14.4. The number of piperazine rings is 1. The Morgan fingerprint density at radius 3 is 2.64 bits per heavy atom. The predicted molar refractivity (Wildman–Crippen MR) is 83.8 cm³/mol. The quantitative estimate of drug-likeness (QED) is 0.900. The predicted octanol–water partition coefficient (Wildman–Crippen LogP) is 0.883. The summed E-state index contributed by atoms with van der Waals surface area (Å²) in [7, 11) is 0. The molecule has 1 saturated carbocycles. The van der Waals surface area contributed by atoms with Gasteiger partial charge in [0.2, 0.25) is 0 Å². The van der Waals surface area contributed by atoms with Crippen molar-refractivity contribution in [3.8, 4) is 0 Å². The van der Waals surface area contributed by atoms with Crippen LogP contribution in [0.25, 0.3) is 0 Å². The van der Waals surface area contributed by atoms with Crippen LogP contribution in [0.3, 0.4) is 0 Å². The Balaban J connectivity index is 1.62. The molecule has 2 fully saturated rings. The molecule has 1 aliphatic carbocycles. The van der Waals surface area contributed by atoms with E-state index in [0.717, 1.165) is 51.1 Å². The van der Waals surface area contributed by atoms with Crippen LogP contribution < -0.4 is 0 Å². The summed E-state index contributed by atoms with van der Waals surface area (Å²) in [5.41, 5.74) is 1.58. The zero-order valence-corrected chi connectivity index (χ0v) is 13.5. The fourth-order valence-corrected chi connectivity index (χ4v) is 3.72. The van der Waals surface area contributed by atoms with Gasteiger partial charge in [-0.15, -0.1) is 0 Å². The van der Waals surface area contributed by atoms with Crippen molar-refractivity contribution in [2.75, 3.05) is 26.2 Å². The number of carbonyl (C=O) groups is 1. The van der Waals surface area contributed by atoms with E-state index in [2.05, 4.69) is 10.00 Å². The molecule has 2 unspecified atom stereocenters. The number of rotatable bonds is 3. The number of aryl methyl sites for hydroxylation is 2. The molecule has 2 atom stereocenters. The zero-order valence-electron chi connectivity index (χ0n) is 13.5. The van der Waals surface area contributed by atoms with Gasteiger partial charge in [-0.05, 0) is 39.2 Å². The van der Waals surface area contributed by atoms with E-state index in [1.165, 1.54) is 0 Å². The molecule has 1 N–H and O–H groups in total. The van der Waals surface area contributed by atoms with Gasteiger partial charge in [0.25, 0.3) is 5.91 Å². The number of nitrogens with zero attached hydrogens (tertiary/aromatic N) is 4. The van der Waals surface area contributed by atoms with E-state index in [4.69, 9.17) is 0 Å². The van der Waals surface area contributed by atoms with Gasteiger partial charge >= 0.3 is 0 Å². The van der Waals surface area contributed by atoms with Gasteiger partial charge in [-0.2, -0.15) is 5.10 Å². The second-order valence-corrected chi connectivity index (χ2v) is 6.38. The summed E-state index contributed by atoms with van der Waals surface area (Å²) in [5.74, 6) is 0.0778. The van der Waals surface area contributed by atoms with Crippen LogP contribution in [0.2, 0.25) is 0 Å². The molecule has 1 aromatic rings. The molecule has 22 heavy (non-hydrogen) atoms. The van der Waals surface area contributed by atoms with Crippen molar-refractivity contribution in [1.29, 1.82) is 0 Å². The molecule has 0 radical (unpaired) electrons. The summed E-state index contributed by atoms with van der Waals surface area (Å²) in [6, 6.07) is 2.17. The minimum absolute atomic E-state index is 0.0778. The van der Waals surface area contributed by atoms with Crippen molar-refractivity contribution >= 4 is 5.91 Å². The largest absolute Gasteiger partial charge is 0.391 e. The van der Waals surface area contributed by atoms with Crippen molar-refractivity contribution in [3.63, 3.8) is 0 Å². The van der Waals surface area contributed by atoms with Crippen molar-refractivity contribution in [1.82, 2.24) is 19.6 Å². The highest BCUT2D eigenvalue weighted by Gasteiger charge is 2.33. The average molecular weight is 306 g/mol. The van der Waals surface area contributed by atoms with Gasteiger partial charge in [0.1, 0.15) is 5.69 Å². The number of hydrogen-bond acceptors (Lipinski definition) is 4. The van der Waals surface area contributed by atoms with E-state index in [1.54, 1.807) is 4.68 Å². The summed E-state index contributed by atoms with van der Waals surface area (Å²) >= 11 is 0. The lowest BCUT2D eigenvalue weighted by Gasteiger charge is -2.39. The first-order chi connectivity index (χ1) is 10.6. The molecule has 1 aromatic heterocycles. The van der Waals surface area contributed by atoms with E-state index in [0.29, 0.717) is 18.3 Å². The lowest BCUT2D eigenvalue weighted by molar-refractivity contribution is 0.0310. The van der Waals surface area contributed by atoms with Crippen LogP contribution in [0.5, 0.6) is 0 Å². The summed E-state index contributed by atoms with van der Waals surface area (Å²) < 4.78 is 1.78. The van der Waals surface area contributed by atoms with Crippen LogP contribution in [-0.4, -0.2) is 68.9 Å². The molecule has 1 saturated heterocycles. The minimum Gasteiger partial charge on any atom is -0.391 e. The number of aliphatic hydroxyl groups is 1. The van der Waals surface area contributed by atoms with E-state index in [9.17, 15) is 9.90 Å². The highest BCUT2D eigenvalue weighted by Crippen LogP contribution is 2.25. The molecule has 1 amide bonds. The van der Waals surface area contributed by atoms with Crippen LogP contribution in [0.15, 0.2) is 6.07 Å². The van der Waals surface area contributed by atoms with Gasteiger partial charge in [-0.1, -0.05) is 0 Å². The van der Waals surface area contributed by atoms with E-state index in [1.807, 2.05) is 24.8 Å². The molecule has 0 bridgehead atoms. The van der Waals surface area contributed by atoms with Crippen LogP contribution in [-0.2, 0) is 6.54 Å². The maximum absolute atomic E-state index is 12.7. The highest BCUT2D eigenvalue weighted by molar-refractivity contribution is 5.92. The molecule has 0 spiro atoms. The zero-order chi connectivity index (χ0) is 15.7. The Hall–Kier alpha value is -1.40. The Bertz CT molecular complexity index is 534. The van der Waals surface area contributed by atoms with Gasteiger partial charge < -0.3 is 10.0 Å². The van der Waals surface area contributed by atoms with E-state index in [-0.39, 0.29) is 12.0 Å². The normalized spacial score (nSPS) is 26.6. The summed E-state index contributed by atoms with van der Waals surface area (Å²) in [6.07, 6.45) is 2.92. The van der Waals surface area contributed by atoms with Gasteiger partial charge in [0.05, 0.1) is 11.8 Å². The number of hydrogen-bond donors (Lipinski definition) is 1. The minimum atomic E-state index is -0.188. The van der Waals surface area contributed by atoms with Crippen LogP contribution in [0.1, 0.15) is 42.4 Å². The van der Waals surface area contributed by atoms with E-state index < -0.39 is 0 Å². The first-order valence-corrected chi connectivity index (χ1v) is 8.36. The maximum atomic E-state index is 12.7. The number of amides is 1. The third-order valence-corrected chi connectivity index (χ3v) is 4.94. The fraction of sp³-hybridized carbons (Fsp3) is 0.750. The SMILES string of the molecule is CCn1nc(C)cc1C(=O)N1CCN(C2CCCC2O)CC1. The summed E-state index contributed by atoms with van der Waals surface area (Å²) in [4.78, 5) is 17.0. The number of aromatic nitrogens is 2. The molecule has 0 aromatic carbocycles. The summed E-state index contributed by atoms with van der Waals surface area (Å²) in [6.45, 7) is 7.81. The first kappa shape index (κ1) is 15.5. The Morgan fingerprint density at radius 2 is 2.05 bits per heavy atom. The second kappa shape index (κ2) is 6.38. The molecule has 6 nitrogen and oxygen atoms in total. The van der Waals surface area contributed by atoms with Gasteiger partial charge in [-0.25, -0.2) is 0 Å². The molecular weight excluding hydrogens is 280 g/mol. The van der Waals surface area contributed by atoms with Crippen molar-refractivity contribution in [2.24, 2.45) is 0 Å². The second-order valence-electron chi connectivity index (χ2n) is 6.38. The smallest absolute Gasteiger partial charge is 0.272 e. The molecule has 2 heterocycles. The third-order valence-electron chi connectivity index (χ3n) is 4.94. The van der Waals surface area contributed by atoms with Crippen LogP contribution in [0.4, 0.5) is 0 Å². The topological polar surface area (TPSA) is 61.6 Å². The van der Waals surface area contributed by atoms with Gasteiger partial charge in [0.15, 0.2) is 0 Å². The van der Waals surface area contributed by atoms with Gasteiger partial charge in [-0.3, -0.25) is 14.4 Å². The lowest BCUT2D eigenvalue weighted by Crippen LogP contribution is -2.53. The molecule has 3 rings (SSSR count). The fourth-order valence-electron chi connectivity index (χ4n) is 3.72. The maximum Gasteiger partial charge on any atom is 0.272 e. The first-order valence-electron chi connectivity index (χ1n) is 8.36. The Morgan fingerprint density at radius 1 is 1.32 bits per heavy atom. The number of aliphatic hydroxyl groups excluding tert-OH is 1. The lowest BCUT2D eigenvalue weighted by atomic mass is 10.1. The molecule has 6 heteroatoms. The highest BCUT2D eigenvalue weighted by atomic mass is 16.3. The molecule has 2 aliphatic rings. The molecule has 122 valence electrons. The monoisotopic (exact) mass is 306 g/mol. The van der Waals surface area contributed by atoms with Crippen molar-refractivity contribution < 1.29 is 9.90 Å². The van der Waals surface area contributed by atoms with Crippen molar-refractivity contribution in [2.45, 2.75) is 51.8 Å². The van der Waals surface area contributed by atoms with Gasteiger partial charge in [0, 0.05) is 38.8 Å². The average Bonchev–Trinajstić information content (AvgIpc) is 3.12. The molecule has 1 aliphatic heterocycles. The molecular formula is C16H26N4O2. The van der Waals surface area contributed by atoms with E-state index >= 15 is 0 Å². The third kappa shape index (κ3) is 2.90. The van der Waals surface area contributed by atoms with Crippen LogP contribution >= 0.6 is 0 Å². The van der Waals surface area contributed by atoms with Crippen LogP contribution in [0, 0.1) is 6.92 Å². The van der Waals surface area contributed by atoms with Crippen molar-refractivity contribution in [3.05, 3.63) is 17.5 Å². The Kier molecular flexibility index (Phi) is 4.49.